The van der Waals surface area contributed by atoms with Gasteiger partial charge in [0, 0.05) is 34.8 Å². The first-order chi connectivity index (χ1) is 8.11. The van der Waals surface area contributed by atoms with Crippen LogP contribution in [0.15, 0.2) is 18.2 Å². The van der Waals surface area contributed by atoms with Crippen LogP contribution in [0.1, 0.15) is 22.8 Å². The lowest BCUT2D eigenvalue weighted by Gasteiger charge is -2.34. The molecule has 92 valence electrons. The van der Waals surface area contributed by atoms with E-state index >= 15 is 0 Å². The fraction of sp³-hybridized carbons (Fsp3) is 0.462. The molecule has 1 aromatic rings. The predicted octanol–water partition coefficient (Wildman–Crippen LogP) is 2.03. The molecule has 1 aliphatic heterocycles. The van der Waals surface area contributed by atoms with Crippen LogP contribution in [-0.4, -0.2) is 36.5 Å². The summed E-state index contributed by atoms with van der Waals surface area (Å²) in [7, 11) is 0. The predicted molar refractivity (Wildman–Crippen MR) is 77.3 cm³/mol. The van der Waals surface area contributed by atoms with Gasteiger partial charge in [0.25, 0.3) is 5.91 Å². The molecule has 2 rings (SSSR count). The van der Waals surface area contributed by atoms with Gasteiger partial charge in [0.1, 0.15) is 0 Å². The van der Waals surface area contributed by atoms with Gasteiger partial charge in [-0.15, -0.1) is 0 Å². The Labute approximate surface area is 116 Å². The van der Waals surface area contributed by atoms with Crippen molar-refractivity contribution in [1.29, 1.82) is 0 Å². The van der Waals surface area contributed by atoms with Crippen LogP contribution in [0.25, 0.3) is 0 Å². The maximum absolute atomic E-state index is 12.5. The Morgan fingerprint density at radius 1 is 1.53 bits per heavy atom. The van der Waals surface area contributed by atoms with E-state index in [1.165, 1.54) is 0 Å². The SMILES string of the molecule is Cc1c(I)cccc1C(=O)N1CCNCC1C. The molecule has 17 heavy (non-hydrogen) atoms. The molecule has 4 heteroatoms. The number of halogens is 1. The van der Waals surface area contributed by atoms with E-state index in [9.17, 15) is 4.79 Å². The maximum atomic E-state index is 12.5. The summed E-state index contributed by atoms with van der Waals surface area (Å²) in [5, 5.41) is 3.30. The minimum Gasteiger partial charge on any atom is -0.333 e. The van der Waals surface area contributed by atoms with Crippen molar-refractivity contribution in [2.75, 3.05) is 19.6 Å². The van der Waals surface area contributed by atoms with E-state index in [4.69, 9.17) is 0 Å². The zero-order valence-corrected chi connectivity index (χ0v) is 12.3. The van der Waals surface area contributed by atoms with Gasteiger partial charge in [-0.05, 0) is 54.1 Å². The van der Waals surface area contributed by atoms with E-state index in [1.54, 1.807) is 0 Å². The standard InChI is InChI=1S/C13H17IN2O/c1-9-8-15-6-7-16(9)13(17)11-4-3-5-12(14)10(11)2/h3-5,9,15H,6-8H2,1-2H3. The first-order valence-corrected chi connectivity index (χ1v) is 6.96. The normalized spacial score (nSPS) is 20.4. The quantitative estimate of drug-likeness (QED) is 0.791. The van der Waals surface area contributed by atoms with Gasteiger partial charge in [-0.2, -0.15) is 0 Å². The molecule has 1 aromatic carbocycles. The zero-order valence-electron chi connectivity index (χ0n) is 10.2. The molecule has 1 fully saturated rings. The van der Waals surface area contributed by atoms with Gasteiger partial charge in [-0.3, -0.25) is 4.79 Å². The second kappa shape index (κ2) is 5.35. The summed E-state index contributed by atoms with van der Waals surface area (Å²) in [6, 6.07) is 6.19. The lowest BCUT2D eigenvalue weighted by Crippen LogP contribution is -2.52. The Kier molecular flexibility index (Phi) is 4.04. The van der Waals surface area contributed by atoms with E-state index in [1.807, 2.05) is 30.0 Å². The fourth-order valence-electron chi connectivity index (χ4n) is 2.14. The van der Waals surface area contributed by atoms with Crippen LogP contribution in [0, 0.1) is 10.5 Å². The van der Waals surface area contributed by atoms with E-state index in [-0.39, 0.29) is 11.9 Å². The number of rotatable bonds is 1. The number of carbonyl (C=O) groups excluding carboxylic acids is 1. The second-order valence-electron chi connectivity index (χ2n) is 4.46. The third kappa shape index (κ3) is 2.63. The number of carbonyl (C=O) groups is 1. The number of nitrogens with zero attached hydrogens (tertiary/aromatic N) is 1. The Bertz CT molecular complexity index is 433. The highest BCUT2D eigenvalue weighted by Crippen LogP contribution is 2.19. The van der Waals surface area contributed by atoms with Crippen molar-refractivity contribution in [2.45, 2.75) is 19.9 Å². The van der Waals surface area contributed by atoms with E-state index in [0.29, 0.717) is 0 Å². The first kappa shape index (κ1) is 12.8. The molecule has 1 heterocycles. The van der Waals surface area contributed by atoms with Gasteiger partial charge in [-0.1, -0.05) is 6.07 Å². The molecule has 0 saturated carbocycles. The molecular formula is C13H17IN2O. The van der Waals surface area contributed by atoms with Gasteiger partial charge in [0.05, 0.1) is 0 Å². The highest BCUT2D eigenvalue weighted by molar-refractivity contribution is 14.1. The summed E-state index contributed by atoms with van der Waals surface area (Å²) in [6.45, 7) is 6.67. The molecule has 1 atom stereocenters. The van der Waals surface area contributed by atoms with Gasteiger partial charge >= 0.3 is 0 Å². The molecule has 1 saturated heterocycles. The first-order valence-electron chi connectivity index (χ1n) is 5.88. The van der Waals surface area contributed by atoms with Crippen LogP contribution >= 0.6 is 22.6 Å². The van der Waals surface area contributed by atoms with Crippen LogP contribution in [0.5, 0.6) is 0 Å². The van der Waals surface area contributed by atoms with Gasteiger partial charge in [0.2, 0.25) is 0 Å². The molecule has 1 aliphatic rings. The summed E-state index contributed by atoms with van der Waals surface area (Å²) in [5.74, 6) is 0.162. The summed E-state index contributed by atoms with van der Waals surface area (Å²) < 4.78 is 1.15. The molecule has 1 N–H and O–H groups in total. The van der Waals surface area contributed by atoms with Gasteiger partial charge in [0.15, 0.2) is 0 Å². The lowest BCUT2D eigenvalue weighted by molar-refractivity contribution is 0.0655. The van der Waals surface area contributed by atoms with E-state index in [2.05, 4.69) is 34.8 Å². The summed E-state index contributed by atoms with van der Waals surface area (Å²) in [5.41, 5.74) is 1.93. The molecule has 0 bridgehead atoms. The molecule has 0 aliphatic carbocycles. The average Bonchev–Trinajstić information content (AvgIpc) is 2.32. The lowest BCUT2D eigenvalue weighted by atomic mass is 10.1. The van der Waals surface area contributed by atoms with Crippen LogP contribution in [-0.2, 0) is 0 Å². The number of piperazine rings is 1. The Morgan fingerprint density at radius 3 is 3.00 bits per heavy atom. The maximum Gasteiger partial charge on any atom is 0.254 e. The number of amides is 1. The summed E-state index contributed by atoms with van der Waals surface area (Å²) >= 11 is 2.28. The Balaban J connectivity index is 2.27. The van der Waals surface area contributed by atoms with Gasteiger partial charge < -0.3 is 10.2 Å². The average molecular weight is 344 g/mol. The van der Waals surface area contributed by atoms with Crippen molar-refractivity contribution in [3.8, 4) is 0 Å². The monoisotopic (exact) mass is 344 g/mol. The van der Waals surface area contributed by atoms with E-state index in [0.717, 1.165) is 34.3 Å². The molecule has 1 amide bonds. The largest absolute Gasteiger partial charge is 0.333 e. The van der Waals surface area contributed by atoms with Crippen LogP contribution in [0.2, 0.25) is 0 Å². The molecule has 1 unspecified atom stereocenters. The van der Waals surface area contributed by atoms with Crippen molar-refractivity contribution in [1.82, 2.24) is 10.2 Å². The van der Waals surface area contributed by atoms with Crippen molar-refractivity contribution in [2.24, 2.45) is 0 Å². The second-order valence-corrected chi connectivity index (χ2v) is 5.63. The minimum atomic E-state index is 0.162. The highest BCUT2D eigenvalue weighted by Gasteiger charge is 2.25. The summed E-state index contributed by atoms with van der Waals surface area (Å²) in [4.78, 5) is 14.4. The number of hydrogen-bond acceptors (Lipinski definition) is 2. The Hall–Kier alpha value is -0.620. The number of nitrogens with one attached hydrogen (secondary N) is 1. The van der Waals surface area contributed by atoms with Crippen LogP contribution < -0.4 is 5.32 Å². The van der Waals surface area contributed by atoms with Crippen molar-refractivity contribution < 1.29 is 4.79 Å². The molecule has 0 aromatic heterocycles. The topological polar surface area (TPSA) is 32.3 Å². The third-order valence-electron chi connectivity index (χ3n) is 3.26. The molecule has 0 radical (unpaired) electrons. The van der Waals surface area contributed by atoms with Crippen molar-refractivity contribution >= 4 is 28.5 Å². The number of benzene rings is 1. The van der Waals surface area contributed by atoms with Crippen LogP contribution in [0.4, 0.5) is 0 Å². The highest BCUT2D eigenvalue weighted by atomic mass is 127. The van der Waals surface area contributed by atoms with Crippen LogP contribution in [0.3, 0.4) is 0 Å². The third-order valence-corrected chi connectivity index (χ3v) is 4.43. The van der Waals surface area contributed by atoms with Crippen molar-refractivity contribution in [3.63, 3.8) is 0 Å². The molecular weight excluding hydrogens is 327 g/mol. The Morgan fingerprint density at radius 2 is 2.29 bits per heavy atom. The summed E-state index contributed by atoms with van der Waals surface area (Å²) in [6.07, 6.45) is 0. The van der Waals surface area contributed by atoms with Gasteiger partial charge in [-0.25, -0.2) is 0 Å². The zero-order chi connectivity index (χ0) is 12.4. The molecule has 0 spiro atoms. The smallest absolute Gasteiger partial charge is 0.254 e. The van der Waals surface area contributed by atoms with Crippen molar-refractivity contribution in [3.05, 3.63) is 32.9 Å². The number of hydrogen-bond donors (Lipinski definition) is 1. The van der Waals surface area contributed by atoms with E-state index < -0.39 is 0 Å². The minimum absolute atomic E-state index is 0.162. The molecule has 3 nitrogen and oxygen atoms in total. The fourth-order valence-corrected chi connectivity index (χ4v) is 2.63.